The van der Waals surface area contributed by atoms with Crippen LogP contribution in [0.3, 0.4) is 0 Å². The van der Waals surface area contributed by atoms with E-state index in [1.165, 1.54) is 19.1 Å². The van der Waals surface area contributed by atoms with Crippen LogP contribution in [0.4, 0.5) is 0 Å². The summed E-state index contributed by atoms with van der Waals surface area (Å²) in [5, 5.41) is 5.55. The molecule has 0 bridgehead atoms. The number of ether oxygens (including phenoxy) is 3. The first-order valence-corrected chi connectivity index (χ1v) is 9.17. The Labute approximate surface area is 164 Å². The van der Waals surface area contributed by atoms with Gasteiger partial charge < -0.3 is 29.7 Å². The van der Waals surface area contributed by atoms with Gasteiger partial charge in [-0.25, -0.2) is 0 Å². The number of methoxy groups -OCH3 is 2. The number of nitrogens with one attached hydrogen (secondary N) is 2. The van der Waals surface area contributed by atoms with Crippen molar-refractivity contribution < 1.29 is 28.6 Å². The van der Waals surface area contributed by atoms with Gasteiger partial charge in [-0.1, -0.05) is 0 Å². The fraction of sp³-hybridized carbons (Fsp3) is 0.526. The highest BCUT2D eigenvalue weighted by Crippen LogP contribution is 2.24. The van der Waals surface area contributed by atoms with Crippen LogP contribution in [0.15, 0.2) is 18.2 Å². The van der Waals surface area contributed by atoms with Gasteiger partial charge in [0, 0.05) is 26.3 Å². The predicted molar refractivity (Wildman–Crippen MR) is 102 cm³/mol. The molecule has 0 saturated carbocycles. The number of hydrogen-bond donors (Lipinski definition) is 2. The summed E-state index contributed by atoms with van der Waals surface area (Å²) in [5.41, 5.74) is 0.386. The van der Waals surface area contributed by atoms with E-state index in [4.69, 9.17) is 14.2 Å². The first kappa shape index (κ1) is 21.5. The minimum absolute atomic E-state index is 0.0408. The normalized spacial score (nSPS) is 16.1. The minimum atomic E-state index is -0.268. The predicted octanol–water partition coefficient (Wildman–Crippen LogP) is 0.189. The Bertz CT molecular complexity index is 694. The van der Waals surface area contributed by atoms with Crippen molar-refractivity contribution in [3.8, 4) is 11.5 Å². The number of fused-ring (bicyclic) bond motifs is 1. The number of nitrogens with zero attached hydrogens (tertiary/aromatic N) is 1. The van der Waals surface area contributed by atoms with Gasteiger partial charge in [-0.2, -0.15) is 0 Å². The molecule has 9 nitrogen and oxygen atoms in total. The summed E-state index contributed by atoms with van der Waals surface area (Å²) < 4.78 is 15.8. The molecule has 0 spiro atoms. The monoisotopic (exact) mass is 393 g/mol. The van der Waals surface area contributed by atoms with Crippen molar-refractivity contribution in [1.82, 2.24) is 15.5 Å². The van der Waals surface area contributed by atoms with Crippen LogP contribution in [0.1, 0.15) is 23.2 Å². The molecule has 1 aliphatic heterocycles. The minimum Gasteiger partial charge on any atom is -0.497 e. The number of rotatable bonds is 4. The Morgan fingerprint density at radius 1 is 1.21 bits per heavy atom. The molecular weight excluding hydrogens is 366 g/mol. The highest BCUT2D eigenvalue weighted by Gasteiger charge is 2.18. The van der Waals surface area contributed by atoms with E-state index in [0.717, 1.165) is 0 Å². The van der Waals surface area contributed by atoms with Gasteiger partial charge in [0.2, 0.25) is 11.8 Å². The van der Waals surface area contributed by atoms with Crippen molar-refractivity contribution in [3.05, 3.63) is 23.8 Å². The summed E-state index contributed by atoms with van der Waals surface area (Å²) in [6, 6.07) is 4.95. The van der Waals surface area contributed by atoms with Crippen LogP contribution in [-0.2, 0) is 14.3 Å². The Kier molecular flexibility index (Phi) is 8.54. The lowest BCUT2D eigenvalue weighted by Gasteiger charge is -2.23. The summed E-state index contributed by atoms with van der Waals surface area (Å²) in [5.74, 6) is 0.267. The number of hydrogen-bond acceptors (Lipinski definition) is 6. The Morgan fingerprint density at radius 3 is 2.79 bits per heavy atom. The van der Waals surface area contributed by atoms with E-state index in [-0.39, 0.29) is 43.8 Å². The third kappa shape index (κ3) is 6.41. The number of benzene rings is 1. The Morgan fingerprint density at radius 2 is 2.04 bits per heavy atom. The van der Waals surface area contributed by atoms with Gasteiger partial charge in [0.05, 0.1) is 38.8 Å². The van der Waals surface area contributed by atoms with Gasteiger partial charge in [0.1, 0.15) is 18.1 Å². The van der Waals surface area contributed by atoms with Gasteiger partial charge >= 0.3 is 0 Å². The van der Waals surface area contributed by atoms with Crippen molar-refractivity contribution in [2.75, 3.05) is 53.6 Å². The van der Waals surface area contributed by atoms with Gasteiger partial charge in [0.15, 0.2) is 0 Å². The van der Waals surface area contributed by atoms with Gasteiger partial charge in [-0.05, 0) is 18.6 Å². The molecule has 0 aromatic heterocycles. The van der Waals surface area contributed by atoms with Crippen LogP contribution in [0.5, 0.6) is 11.5 Å². The maximum Gasteiger partial charge on any atom is 0.255 e. The molecule has 1 aromatic carbocycles. The van der Waals surface area contributed by atoms with E-state index in [1.807, 2.05) is 0 Å². The Hall–Kier alpha value is -2.81. The number of carbonyl (C=O) groups is 3. The van der Waals surface area contributed by atoms with Crippen LogP contribution in [-0.4, -0.2) is 76.2 Å². The number of carbonyl (C=O) groups excluding carboxylic acids is 3. The highest BCUT2D eigenvalue weighted by atomic mass is 16.5. The largest absolute Gasteiger partial charge is 0.497 e. The lowest BCUT2D eigenvalue weighted by Crippen LogP contribution is -2.43. The van der Waals surface area contributed by atoms with E-state index < -0.39 is 0 Å². The zero-order valence-corrected chi connectivity index (χ0v) is 16.3. The molecule has 0 radical (unpaired) electrons. The van der Waals surface area contributed by atoms with Crippen LogP contribution >= 0.6 is 0 Å². The highest BCUT2D eigenvalue weighted by molar-refractivity contribution is 5.97. The van der Waals surface area contributed by atoms with Crippen LogP contribution < -0.4 is 20.1 Å². The van der Waals surface area contributed by atoms with Gasteiger partial charge in [-0.15, -0.1) is 0 Å². The van der Waals surface area contributed by atoms with E-state index in [0.29, 0.717) is 43.2 Å². The molecule has 0 atom stereocenters. The average molecular weight is 393 g/mol. The Balaban J connectivity index is 2.09. The van der Waals surface area contributed by atoms with Crippen LogP contribution in [0, 0.1) is 0 Å². The second-order valence-corrected chi connectivity index (χ2v) is 6.23. The molecule has 3 amide bonds. The van der Waals surface area contributed by atoms with Crippen LogP contribution in [0.25, 0.3) is 0 Å². The third-order valence-corrected chi connectivity index (χ3v) is 4.21. The summed E-state index contributed by atoms with van der Waals surface area (Å²) in [4.78, 5) is 38.4. The molecular formula is C19H27N3O6. The fourth-order valence-corrected chi connectivity index (χ4v) is 2.72. The average Bonchev–Trinajstić information content (AvgIpc) is 2.70. The standard InChI is InChI=1S/C19H27N3O6/c1-26-10-6-18(24)22-9-3-7-21-19(25)15-5-4-14(27-2)12-16(15)28-11-8-20-17(23)13-22/h4-5,12H,3,6-11,13H2,1-2H3,(H,20,23)(H,21,25). The molecule has 28 heavy (non-hydrogen) atoms. The van der Waals surface area contributed by atoms with E-state index in [9.17, 15) is 14.4 Å². The molecule has 0 aliphatic carbocycles. The van der Waals surface area contributed by atoms with Crippen molar-refractivity contribution in [2.24, 2.45) is 0 Å². The quantitative estimate of drug-likeness (QED) is 0.756. The summed E-state index contributed by atoms with van der Waals surface area (Å²) in [6.07, 6.45) is 0.721. The van der Waals surface area contributed by atoms with Crippen molar-refractivity contribution in [1.29, 1.82) is 0 Å². The van der Waals surface area contributed by atoms with Crippen LogP contribution in [0.2, 0.25) is 0 Å². The molecule has 2 N–H and O–H groups in total. The molecule has 0 saturated heterocycles. The SMILES string of the molecule is COCCC(=O)N1CCCNC(=O)c2ccc(OC)cc2OCCNC(=O)C1. The first-order chi connectivity index (χ1) is 13.5. The second-order valence-electron chi connectivity index (χ2n) is 6.23. The third-order valence-electron chi connectivity index (χ3n) is 4.21. The molecule has 9 heteroatoms. The molecule has 1 aliphatic rings. The maximum atomic E-state index is 12.5. The first-order valence-electron chi connectivity index (χ1n) is 9.17. The number of amides is 3. The van der Waals surface area contributed by atoms with Gasteiger partial charge in [-0.3, -0.25) is 14.4 Å². The lowest BCUT2D eigenvalue weighted by atomic mass is 10.1. The molecule has 0 unspecified atom stereocenters. The van der Waals surface area contributed by atoms with E-state index >= 15 is 0 Å². The van der Waals surface area contributed by atoms with Crippen molar-refractivity contribution >= 4 is 17.7 Å². The fourth-order valence-electron chi connectivity index (χ4n) is 2.72. The van der Waals surface area contributed by atoms with Crippen molar-refractivity contribution in [2.45, 2.75) is 12.8 Å². The topological polar surface area (TPSA) is 106 Å². The molecule has 1 aromatic rings. The van der Waals surface area contributed by atoms with Gasteiger partial charge in [0.25, 0.3) is 5.91 Å². The van der Waals surface area contributed by atoms with E-state index in [2.05, 4.69) is 10.6 Å². The van der Waals surface area contributed by atoms with Crippen molar-refractivity contribution in [3.63, 3.8) is 0 Å². The smallest absolute Gasteiger partial charge is 0.255 e. The maximum absolute atomic E-state index is 12.5. The molecule has 0 fully saturated rings. The zero-order chi connectivity index (χ0) is 20.4. The second kappa shape index (κ2) is 11.1. The molecule has 154 valence electrons. The zero-order valence-electron chi connectivity index (χ0n) is 16.3. The molecule has 1 heterocycles. The lowest BCUT2D eigenvalue weighted by molar-refractivity contribution is -0.136. The summed E-state index contributed by atoms with van der Waals surface area (Å²) >= 11 is 0. The summed E-state index contributed by atoms with van der Waals surface area (Å²) in [6.45, 7) is 1.40. The molecule has 2 rings (SSSR count). The summed E-state index contributed by atoms with van der Waals surface area (Å²) in [7, 11) is 3.05. The van der Waals surface area contributed by atoms with E-state index in [1.54, 1.807) is 18.2 Å².